The lowest BCUT2D eigenvalue weighted by Gasteiger charge is -2.26. The first-order valence-corrected chi connectivity index (χ1v) is 9.86. The maximum atomic E-state index is 12.8. The molecule has 0 fully saturated rings. The number of rotatable bonds is 5. The van der Waals surface area contributed by atoms with Crippen molar-refractivity contribution in [3.8, 4) is 5.75 Å². The van der Waals surface area contributed by atoms with Gasteiger partial charge in [0.25, 0.3) is 5.91 Å². The molecule has 0 unspecified atom stereocenters. The first kappa shape index (κ1) is 19.9. The molecule has 148 valence electrons. The van der Waals surface area contributed by atoms with E-state index in [4.69, 9.17) is 4.74 Å². The maximum absolute atomic E-state index is 12.8. The van der Waals surface area contributed by atoms with Crippen LogP contribution in [0.5, 0.6) is 5.75 Å². The van der Waals surface area contributed by atoms with Crippen molar-refractivity contribution in [3.05, 3.63) is 59.7 Å². The number of anilines is 1. The summed E-state index contributed by atoms with van der Waals surface area (Å²) in [6.07, 6.45) is 0.198. The number of benzene rings is 2. The molecule has 0 aromatic heterocycles. The van der Waals surface area contributed by atoms with E-state index in [-0.39, 0.29) is 23.8 Å². The highest BCUT2D eigenvalue weighted by molar-refractivity contribution is 5.96. The Kier molecular flexibility index (Phi) is 6.02. The van der Waals surface area contributed by atoms with Gasteiger partial charge >= 0.3 is 0 Å². The first-order valence-electron chi connectivity index (χ1n) is 9.86. The van der Waals surface area contributed by atoms with Crippen molar-refractivity contribution in [1.29, 1.82) is 0 Å². The summed E-state index contributed by atoms with van der Waals surface area (Å²) in [6, 6.07) is 15.4. The molecular weight excluding hydrogens is 352 g/mol. The predicted octanol–water partition coefficient (Wildman–Crippen LogP) is 4.34. The number of carbonyl (C=O) groups excluding carboxylic acids is 2. The molecule has 1 N–H and O–H groups in total. The second-order valence-corrected chi connectivity index (χ2v) is 7.50. The molecule has 2 atom stereocenters. The summed E-state index contributed by atoms with van der Waals surface area (Å²) in [5, 5.41) is 3.03. The molecule has 5 heteroatoms. The van der Waals surface area contributed by atoms with E-state index in [2.05, 4.69) is 5.32 Å². The van der Waals surface area contributed by atoms with Crippen molar-refractivity contribution in [3.63, 3.8) is 0 Å². The van der Waals surface area contributed by atoms with Crippen LogP contribution in [-0.2, 0) is 16.1 Å². The molecule has 2 aromatic carbocycles. The van der Waals surface area contributed by atoms with Gasteiger partial charge in [-0.15, -0.1) is 0 Å². The maximum Gasteiger partial charge on any atom is 0.263 e. The molecule has 1 heterocycles. The SMILES string of the molecule is CC[C@@H](C(=O)Nc1ccc2c(c1)CN(C(C)C)C(=O)[C@@H](C)O2)c1ccccc1. The van der Waals surface area contributed by atoms with Crippen molar-refractivity contribution >= 4 is 17.5 Å². The minimum atomic E-state index is -0.522. The van der Waals surface area contributed by atoms with E-state index in [1.807, 2.05) is 69.3 Å². The van der Waals surface area contributed by atoms with Crippen LogP contribution in [-0.4, -0.2) is 28.9 Å². The van der Waals surface area contributed by atoms with Crippen LogP contribution in [0.15, 0.2) is 48.5 Å². The molecule has 1 aliphatic rings. The van der Waals surface area contributed by atoms with Gasteiger partial charge in [0.05, 0.1) is 5.92 Å². The van der Waals surface area contributed by atoms with Gasteiger partial charge in [0.1, 0.15) is 5.75 Å². The summed E-state index contributed by atoms with van der Waals surface area (Å²) in [5.41, 5.74) is 2.62. The second kappa shape index (κ2) is 8.46. The number of ether oxygens (including phenoxy) is 1. The fourth-order valence-corrected chi connectivity index (χ4v) is 3.56. The predicted molar refractivity (Wildman–Crippen MR) is 110 cm³/mol. The van der Waals surface area contributed by atoms with E-state index in [1.165, 1.54) is 0 Å². The molecule has 2 amide bonds. The van der Waals surface area contributed by atoms with Crippen molar-refractivity contribution < 1.29 is 14.3 Å². The molecule has 0 spiro atoms. The number of amides is 2. The van der Waals surface area contributed by atoms with Crippen LogP contribution in [0.4, 0.5) is 5.69 Å². The third-order valence-corrected chi connectivity index (χ3v) is 5.15. The van der Waals surface area contributed by atoms with Gasteiger partial charge in [-0.2, -0.15) is 0 Å². The lowest BCUT2D eigenvalue weighted by molar-refractivity contribution is -0.139. The summed E-state index contributed by atoms with van der Waals surface area (Å²) < 4.78 is 5.84. The van der Waals surface area contributed by atoms with E-state index >= 15 is 0 Å². The standard InChI is InChI=1S/C23H28N2O3/c1-5-20(17-9-7-6-8-10-17)22(26)24-19-11-12-21-18(13-19)14-25(15(2)3)23(27)16(4)28-21/h6-13,15-16,20H,5,14H2,1-4H3,(H,24,26)/t16-,20-/m1/s1. The molecule has 0 aliphatic carbocycles. The van der Waals surface area contributed by atoms with Crippen molar-refractivity contribution in [2.75, 3.05) is 5.32 Å². The van der Waals surface area contributed by atoms with E-state index in [9.17, 15) is 9.59 Å². The minimum absolute atomic E-state index is 0.0214. The molecule has 3 rings (SSSR count). The molecule has 0 radical (unpaired) electrons. The topological polar surface area (TPSA) is 58.6 Å². The fraction of sp³-hybridized carbons (Fsp3) is 0.391. The molecule has 0 saturated carbocycles. The Bertz CT molecular complexity index is 848. The number of hydrogen-bond donors (Lipinski definition) is 1. The van der Waals surface area contributed by atoms with E-state index in [1.54, 1.807) is 11.8 Å². The number of hydrogen-bond acceptors (Lipinski definition) is 3. The van der Waals surface area contributed by atoms with Crippen LogP contribution < -0.4 is 10.1 Å². The average molecular weight is 380 g/mol. The summed E-state index contributed by atoms with van der Waals surface area (Å²) in [6.45, 7) is 8.24. The third-order valence-electron chi connectivity index (χ3n) is 5.15. The van der Waals surface area contributed by atoms with Gasteiger partial charge in [0, 0.05) is 23.8 Å². The van der Waals surface area contributed by atoms with Crippen molar-refractivity contribution in [2.45, 2.75) is 58.7 Å². The van der Waals surface area contributed by atoms with E-state index in [0.29, 0.717) is 18.0 Å². The van der Waals surface area contributed by atoms with Gasteiger partial charge < -0.3 is 15.0 Å². The fourth-order valence-electron chi connectivity index (χ4n) is 3.56. The molecule has 0 saturated heterocycles. The van der Waals surface area contributed by atoms with Crippen LogP contribution in [0.1, 0.15) is 51.2 Å². The molecule has 1 aliphatic heterocycles. The number of nitrogens with zero attached hydrogens (tertiary/aromatic N) is 1. The minimum Gasteiger partial charge on any atom is -0.481 e. The summed E-state index contributed by atoms with van der Waals surface area (Å²) in [5.74, 6) is 0.433. The zero-order valence-electron chi connectivity index (χ0n) is 16.9. The average Bonchev–Trinajstić information content (AvgIpc) is 2.80. The zero-order valence-corrected chi connectivity index (χ0v) is 16.9. The van der Waals surface area contributed by atoms with Gasteiger partial charge in [-0.05, 0) is 51.0 Å². The molecule has 28 heavy (non-hydrogen) atoms. The van der Waals surface area contributed by atoms with Gasteiger partial charge in [0.2, 0.25) is 5.91 Å². The highest BCUT2D eigenvalue weighted by Crippen LogP contribution is 2.30. The lowest BCUT2D eigenvalue weighted by atomic mass is 9.95. The molecule has 0 bridgehead atoms. The summed E-state index contributed by atoms with van der Waals surface area (Å²) in [7, 11) is 0. The smallest absolute Gasteiger partial charge is 0.263 e. The number of carbonyl (C=O) groups is 2. The van der Waals surface area contributed by atoms with Crippen LogP contribution >= 0.6 is 0 Å². The highest BCUT2D eigenvalue weighted by atomic mass is 16.5. The quantitative estimate of drug-likeness (QED) is 0.840. The zero-order chi connectivity index (χ0) is 20.3. The number of nitrogens with one attached hydrogen (secondary N) is 1. The Labute approximate surface area is 166 Å². The Balaban J connectivity index is 1.82. The van der Waals surface area contributed by atoms with Crippen molar-refractivity contribution in [1.82, 2.24) is 4.90 Å². The second-order valence-electron chi connectivity index (χ2n) is 7.50. The largest absolute Gasteiger partial charge is 0.481 e. The summed E-state index contributed by atoms with van der Waals surface area (Å²) >= 11 is 0. The third kappa shape index (κ3) is 4.19. The van der Waals surface area contributed by atoms with Gasteiger partial charge in [-0.3, -0.25) is 9.59 Å². The number of fused-ring (bicyclic) bond motifs is 1. The first-order chi connectivity index (χ1) is 13.4. The lowest BCUT2D eigenvalue weighted by Crippen LogP contribution is -2.41. The molecule has 2 aromatic rings. The van der Waals surface area contributed by atoms with Gasteiger partial charge in [-0.1, -0.05) is 37.3 Å². The van der Waals surface area contributed by atoms with Crippen LogP contribution in [0, 0.1) is 0 Å². The normalized spacial score (nSPS) is 17.5. The van der Waals surface area contributed by atoms with Crippen LogP contribution in [0.2, 0.25) is 0 Å². The Morgan fingerprint density at radius 2 is 1.93 bits per heavy atom. The highest BCUT2D eigenvalue weighted by Gasteiger charge is 2.29. The van der Waals surface area contributed by atoms with E-state index in [0.717, 1.165) is 17.5 Å². The Morgan fingerprint density at radius 1 is 1.21 bits per heavy atom. The van der Waals surface area contributed by atoms with Gasteiger partial charge in [0.15, 0.2) is 6.10 Å². The Morgan fingerprint density at radius 3 is 2.57 bits per heavy atom. The Hall–Kier alpha value is -2.82. The van der Waals surface area contributed by atoms with Crippen molar-refractivity contribution in [2.24, 2.45) is 0 Å². The van der Waals surface area contributed by atoms with Crippen LogP contribution in [0.3, 0.4) is 0 Å². The molecular formula is C23H28N2O3. The molecule has 5 nitrogen and oxygen atoms in total. The monoisotopic (exact) mass is 380 g/mol. The van der Waals surface area contributed by atoms with E-state index < -0.39 is 6.10 Å². The van der Waals surface area contributed by atoms with Gasteiger partial charge in [-0.25, -0.2) is 0 Å². The van der Waals surface area contributed by atoms with Crippen LogP contribution in [0.25, 0.3) is 0 Å². The summed E-state index contributed by atoms with van der Waals surface area (Å²) in [4.78, 5) is 27.2.